The predicted molar refractivity (Wildman–Crippen MR) is 405 cm³/mol. The Morgan fingerprint density at radius 3 is 0.768 bits per heavy atom. The van der Waals surface area contributed by atoms with E-state index in [0.29, 0.717) is 31.6 Å². The zero-order chi connectivity index (χ0) is 73.0. The first-order valence-corrected chi connectivity index (χ1v) is 44.4. The zero-order valence-electron chi connectivity index (χ0n) is 65.0. The number of rotatable bonds is 78. The molecule has 0 aliphatic rings. The lowest BCUT2D eigenvalue weighted by molar-refractivity contribution is -0.161. The molecule has 17 nitrogen and oxygen atoms in total. The summed E-state index contributed by atoms with van der Waals surface area (Å²) < 4.78 is 68.7. The summed E-state index contributed by atoms with van der Waals surface area (Å²) >= 11 is 0. The molecule has 0 aromatic heterocycles. The Balaban J connectivity index is 5.22. The number of phosphoric ester groups is 2. The second-order valence-electron chi connectivity index (χ2n) is 30.0. The summed E-state index contributed by atoms with van der Waals surface area (Å²) in [5.41, 5.74) is 0. The highest BCUT2D eigenvalue weighted by molar-refractivity contribution is 7.47. The van der Waals surface area contributed by atoms with Crippen LogP contribution in [0.3, 0.4) is 0 Å². The van der Waals surface area contributed by atoms with Crippen molar-refractivity contribution < 1.29 is 80.2 Å². The minimum Gasteiger partial charge on any atom is -0.462 e. The second kappa shape index (κ2) is 70.4. The standard InChI is InChI=1S/C80H156O17P2/c1-8-10-11-12-13-14-15-16-24-27-34-41-49-56-63-80(85)97-76(68-91-78(83)62-55-48-43-36-38-45-52-59-72(5)6)70-95-99(88,89)93-66-74(81)65-92-98(86,87)94-69-75(67-90-77(82)61-54-47-40-33-30-29-32-39-46-53-60-73(7)9-2)96-79(84)64-57-50-42-35-28-25-22-20-18-17-19-21-23-26-31-37-44-51-58-71(3)4/h71-76,81H,8-70H2,1-7H3,(H,86,87)(H,88,89)/t73?,74-,75-,76-/m1/s1. The molecule has 588 valence electrons. The summed E-state index contributed by atoms with van der Waals surface area (Å²) in [6, 6.07) is 0. The number of hydrogen-bond donors (Lipinski definition) is 3. The van der Waals surface area contributed by atoms with Gasteiger partial charge in [-0.25, -0.2) is 9.13 Å². The molecule has 3 unspecified atom stereocenters. The van der Waals surface area contributed by atoms with E-state index in [2.05, 4.69) is 48.5 Å². The van der Waals surface area contributed by atoms with E-state index in [1.165, 1.54) is 218 Å². The van der Waals surface area contributed by atoms with Gasteiger partial charge >= 0.3 is 39.5 Å². The number of unbranched alkanes of at least 4 members (excludes halogenated alkanes) is 45. The molecule has 99 heavy (non-hydrogen) atoms. The van der Waals surface area contributed by atoms with Crippen molar-refractivity contribution in [1.82, 2.24) is 0 Å². The van der Waals surface area contributed by atoms with Crippen molar-refractivity contribution >= 4 is 39.5 Å². The van der Waals surface area contributed by atoms with Gasteiger partial charge in [0.05, 0.1) is 26.4 Å². The van der Waals surface area contributed by atoms with E-state index >= 15 is 0 Å². The minimum absolute atomic E-state index is 0.107. The third kappa shape index (κ3) is 72.8. The van der Waals surface area contributed by atoms with Gasteiger partial charge in [-0.15, -0.1) is 0 Å². The van der Waals surface area contributed by atoms with Gasteiger partial charge in [-0.05, 0) is 43.4 Å². The summed E-state index contributed by atoms with van der Waals surface area (Å²) in [6.07, 6.45) is 58.3. The van der Waals surface area contributed by atoms with Crippen LogP contribution in [-0.2, 0) is 65.4 Å². The van der Waals surface area contributed by atoms with Crippen LogP contribution in [0.15, 0.2) is 0 Å². The van der Waals surface area contributed by atoms with Gasteiger partial charge in [-0.2, -0.15) is 0 Å². The third-order valence-electron chi connectivity index (χ3n) is 19.0. The lowest BCUT2D eigenvalue weighted by Crippen LogP contribution is -2.30. The third-order valence-corrected chi connectivity index (χ3v) is 20.9. The van der Waals surface area contributed by atoms with E-state index in [1.54, 1.807) is 0 Å². The van der Waals surface area contributed by atoms with Crippen LogP contribution in [0, 0.1) is 17.8 Å². The second-order valence-corrected chi connectivity index (χ2v) is 32.9. The van der Waals surface area contributed by atoms with E-state index in [9.17, 15) is 43.2 Å². The molecule has 0 fully saturated rings. The van der Waals surface area contributed by atoms with E-state index in [1.807, 2.05) is 0 Å². The fourth-order valence-corrected chi connectivity index (χ4v) is 13.9. The fraction of sp³-hybridized carbons (Fsp3) is 0.950. The van der Waals surface area contributed by atoms with Crippen LogP contribution in [0.4, 0.5) is 0 Å². The van der Waals surface area contributed by atoms with Crippen LogP contribution < -0.4 is 0 Å². The van der Waals surface area contributed by atoms with Crippen LogP contribution in [-0.4, -0.2) is 96.7 Å². The van der Waals surface area contributed by atoms with Crippen LogP contribution in [0.25, 0.3) is 0 Å². The van der Waals surface area contributed by atoms with Crippen LogP contribution >= 0.6 is 15.6 Å². The Kier molecular flexibility index (Phi) is 69.0. The normalized spacial score (nSPS) is 14.3. The van der Waals surface area contributed by atoms with Crippen molar-refractivity contribution in [3.05, 3.63) is 0 Å². The summed E-state index contributed by atoms with van der Waals surface area (Å²) in [4.78, 5) is 73.0. The number of hydrogen-bond acceptors (Lipinski definition) is 15. The molecule has 0 radical (unpaired) electrons. The quantitative estimate of drug-likeness (QED) is 0.0222. The molecule has 0 heterocycles. The number of esters is 4. The van der Waals surface area contributed by atoms with Crippen molar-refractivity contribution in [3.63, 3.8) is 0 Å². The molecule has 0 spiro atoms. The number of phosphoric acid groups is 2. The Hall–Kier alpha value is -1.94. The van der Waals surface area contributed by atoms with Crippen molar-refractivity contribution in [3.8, 4) is 0 Å². The van der Waals surface area contributed by atoms with E-state index in [-0.39, 0.29) is 25.7 Å². The summed E-state index contributed by atoms with van der Waals surface area (Å²) in [5, 5.41) is 10.6. The molecule has 0 rings (SSSR count). The van der Waals surface area contributed by atoms with E-state index in [0.717, 1.165) is 108 Å². The highest BCUT2D eigenvalue weighted by Crippen LogP contribution is 2.45. The summed E-state index contributed by atoms with van der Waals surface area (Å²) in [5.74, 6) is 0.222. The Morgan fingerprint density at radius 2 is 0.515 bits per heavy atom. The molecule has 0 aromatic rings. The Labute approximate surface area is 607 Å². The van der Waals surface area contributed by atoms with Crippen molar-refractivity contribution in [2.24, 2.45) is 17.8 Å². The SMILES string of the molecule is CCCCCCCCCCCCCCCCC(=O)O[C@H](COC(=O)CCCCCCCCCC(C)C)COP(=O)(O)OC[C@H](O)COP(=O)(O)OC[C@@H](COC(=O)CCCCCCCCCCCCC(C)CC)OC(=O)CCCCCCCCCCCCCCCCCCCCC(C)C. The molecule has 0 bridgehead atoms. The summed E-state index contributed by atoms with van der Waals surface area (Å²) in [6.45, 7) is 11.9. The van der Waals surface area contributed by atoms with Gasteiger partial charge in [-0.1, -0.05) is 363 Å². The average molecular weight is 1450 g/mol. The highest BCUT2D eigenvalue weighted by Gasteiger charge is 2.30. The largest absolute Gasteiger partial charge is 0.472 e. The lowest BCUT2D eigenvalue weighted by Gasteiger charge is -2.21. The predicted octanol–water partition coefficient (Wildman–Crippen LogP) is 23.7. The number of carbonyl (C=O) groups excluding carboxylic acids is 4. The van der Waals surface area contributed by atoms with Gasteiger partial charge in [-0.3, -0.25) is 37.3 Å². The van der Waals surface area contributed by atoms with Crippen molar-refractivity contribution in [1.29, 1.82) is 0 Å². The molecular formula is C80H156O17P2. The molecule has 0 aliphatic heterocycles. The van der Waals surface area contributed by atoms with Gasteiger partial charge in [0.2, 0.25) is 0 Å². The number of aliphatic hydroxyl groups excluding tert-OH is 1. The van der Waals surface area contributed by atoms with Gasteiger partial charge in [0.1, 0.15) is 19.3 Å². The number of carbonyl (C=O) groups is 4. The summed E-state index contributed by atoms with van der Waals surface area (Å²) in [7, 11) is -9.92. The molecule has 0 saturated carbocycles. The maximum atomic E-state index is 13.1. The monoisotopic (exact) mass is 1450 g/mol. The van der Waals surface area contributed by atoms with Crippen LogP contribution in [0.5, 0.6) is 0 Å². The van der Waals surface area contributed by atoms with Crippen molar-refractivity contribution in [2.75, 3.05) is 39.6 Å². The van der Waals surface area contributed by atoms with Gasteiger partial charge in [0, 0.05) is 25.7 Å². The van der Waals surface area contributed by atoms with Gasteiger partial charge < -0.3 is 33.8 Å². The van der Waals surface area contributed by atoms with Crippen LogP contribution in [0.2, 0.25) is 0 Å². The Morgan fingerprint density at radius 1 is 0.293 bits per heavy atom. The number of ether oxygens (including phenoxy) is 4. The van der Waals surface area contributed by atoms with Crippen molar-refractivity contribution in [2.45, 2.75) is 433 Å². The van der Waals surface area contributed by atoms with Gasteiger partial charge in [0.15, 0.2) is 12.2 Å². The first kappa shape index (κ1) is 97.1. The molecule has 0 aliphatic carbocycles. The molecule has 0 aromatic carbocycles. The first-order valence-electron chi connectivity index (χ1n) is 41.4. The smallest absolute Gasteiger partial charge is 0.462 e. The topological polar surface area (TPSA) is 237 Å². The maximum absolute atomic E-state index is 13.1. The molecule has 3 N–H and O–H groups in total. The fourth-order valence-electron chi connectivity index (χ4n) is 12.3. The molecule has 0 saturated heterocycles. The Bertz CT molecular complexity index is 1920. The maximum Gasteiger partial charge on any atom is 0.472 e. The zero-order valence-corrected chi connectivity index (χ0v) is 66.8. The van der Waals surface area contributed by atoms with Crippen LogP contribution in [0.1, 0.15) is 414 Å². The number of aliphatic hydroxyl groups is 1. The minimum atomic E-state index is -4.96. The van der Waals surface area contributed by atoms with Gasteiger partial charge in [0.25, 0.3) is 0 Å². The molecular weight excluding hydrogens is 1290 g/mol. The van der Waals surface area contributed by atoms with E-state index in [4.69, 9.17) is 37.0 Å². The average Bonchev–Trinajstić information content (AvgIpc) is 0.985. The molecule has 0 amide bonds. The first-order chi connectivity index (χ1) is 47.8. The highest BCUT2D eigenvalue weighted by atomic mass is 31.2. The molecule has 6 atom stereocenters. The lowest BCUT2D eigenvalue weighted by atomic mass is 9.99. The van der Waals surface area contributed by atoms with E-state index < -0.39 is 97.5 Å². The molecule has 19 heteroatoms.